The summed E-state index contributed by atoms with van der Waals surface area (Å²) in [5, 5.41) is 0. The number of rotatable bonds is 3. The second kappa shape index (κ2) is 3.81. The van der Waals surface area contributed by atoms with Crippen molar-refractivity contribution < 1.29 is 9.47 Å². The van der Waals surface area contributed by atoms with Crippen molar-refractivity contribution in [3.05, 3.63) is 36.6 Å². The fourth-order valence-electron chi connectivity index (χ4n) is 0.891. The molecule has 1 aromatic rings. The fourth-order valence-corrected chi connectivity index (χ4v) is 0.891. The summed E-state index contributed by atoms with van der Waals surface area (Å²) in [7, 11) is 1.61. The standard InChI is InChI=1S/C10H12O2/c1-8(2)12-10-7-5-4-6-9(10)11-3/h4-7H,1H2,2-3H3. The molecule has 0 saturated carbocycles. The van der Waals surface area contributed by atoms with E-state index < -0.39 is 0 Å². The van der Waals surface area contributed by atoms with Crippen LogP contribution in [0.5, 0.6) is 11.5 Å². The van der Waals surface area contributed by atoms with Gasteiger partial charge >= 0.3 is 0 Å². The summed E-state index contributed by atoms with van der Waals surface area (Å²) in [6, 6.07) is 7.47. The first kappa shape index (κ1) is 8.65. The molecule has 0 atom stereocenters. The highest BCUT2D eigenvalue weighted by Gasteiger charge is 2.01. The summed E-state index contributed by atoms with van der Waals surface area (Å²) < 4.78 is 10.4. The average Bonchev–Trinajstić information content (AvgIpc) is 2.04. The Labute approximate surface area is 72.4 Å². The average molecular weight is 164 g/mol. The van der Waals surface area contributed by atoms with Gasteiger partial charge in [-0.3, -0.25) is 0 Å². The number of ether oxygens (including phenoxy) is 2. The summed E-state index contributed by atoms with van der Waals surface area (Å²) in [5.41, 5.74) is 0. The van der Waals surface area contributed by atoms with Gasteiger partial charge in [-0.25, -0.2) is 0 Å². The summed E-state index contributed by atoms with van der Waals surface area (Å²) in [6.07, 6.45) is 0. The van der Waals surface area contributed by atoms with Crippen LogP contribution in [0.1, 0.15) is 6.92 Å². The van der Waals surface area contributed by atoms with E-state index in [1.165, 1.54) is 0 Å². The van der Waals surface area contributed by atoms with Crippen molar-refractivity contribution in [3.63, 3.8) is 0 Å². The lowest BCUT2D eigenvalue weighted by molar-refractivity contribution is 0.362. The fraction of sp³-hybridized carbons (Fsp3) is 0.200. The maximum atomic E-state index is 5.32. The van der Waals surface area contributed by atoms with Crippen molar-refractivity contribution in [1.29, 1.82) is 0 Å². The van der Waals surface area contributed by atoms with E-state index in [-0.39, 0.29) is 0 Å². The third-order valence-electron chi connectivity index (χ3n) is 1.35. The molecule has 1 aromatic carbocycles. The predicted octanol–water partition coefficient (Wildman–Crippen LogP) is 2.61. The molecule has 0 aliphatic heterocycles. The van der Waals surface area contributed by atoms with Crippen LogP contribution < -0.4 is 9.47 Å². The quantitative estimate of drug-likeness (QED) is 0.639. The first-order valence-corrected chi connectivity index (χ1v) is 3.70. The first-order chi connectivity index (χ1) is 5.74. The summed E-state index contributed by atoms with van der Waals surface area (Å²) in [5.74, 6) is 2.08. The molecule has 0 radical (unpaired) electrons. The molecule has 64 valence electrons. The Kier molecular flexibility index (Phi) is 2.75. The number of allylic oxidation sites excluding steroid dienone is 1. The molecular formula is C10H12O2. The van der Waals surface area contributed by atoms with E-state index in [9.17, 15) is 0 Å². The van der Waals surface area contributed by atoms with Crippen LogP contribution in [0.15, 0.2) is 36.6 Å². The van der Waals surface area contributed by atoms with Gasteiger partial charge in [0.15, 0.2) is 11.5 Å². The first-order valence-electron chi connectivity index (χ1n) is 3.70. The molecular weight excluding hydrogens is 152 g/mol. The number of methoxy groups -OCH3 is 1. The Morgan fingerprint density at radius 2 is 1.83 bits per heavy atom. The van der Waals surface area contributed by atoms with E-state index >= 15 is 0 Å². The van der Waals surface area contributed by atoms with Crippen LogP contribution in [0.25, 0.3) is 0 Å². The van der Waals surface area contributed by atoms with Gasteiger partial charge in [0.25, 0.3) is 0 Å². The monoisotopic (exact) mass is 164 g/mol. The highest BCUT2D eigenvalue weighted by atomic mass is 16.5. The van der Waals surface area contributed by atoms with Crippen LogP contribution in [0.3, 0.4) is 0 Å². The van der Waals surface area contributed by atoms with E-state index in [1.54, 1.807) is 14.0 Å². The molecule has 0 heterocycles. The number of hydrogen-bond acceptors (Lipinski definition) is 2. The maximum absolute atomic E-state index is 5.32. The molecule has 1 rings (SSSR count). The number of benzene rings is 1. The van der Waals surface area contributed by atoms with Crippen molar-refractivity contribution in [2.45, 2.75) is 6.92 Å². The van der Waals surface area contributed by atoms with Gasteiger partial charge in [-0.05, 0) is 19.1 Å². The number of hydrogen-bond donors (Lipinski definition) is 0. The molecule has 0 N–H and O–H groups in total. The molecule has 0 amide bonds. The van der Waals surface area contributed by atoms with E-state index in [2.05, 4.69) is 6.58 Å². The van der Waals surface area contributed by atoms with Gasteiger partial charge in [-0.1, -0.05) is 18.7 Å². The summed E-state index contributed by atoms with van der Waals surface area (Å²) >= 11 is 0. The Morgan fingerprint density at radius 1 is 1.25 bits per heavy atom. The van der Waals surface area contributed by atoms with E-state index in [0.717, 1.165) is 5.75 Å². The summed E-state index contributed by atoms with van der Waals surface area (Å²) in [6.45, 7) is 5.45. The minimum absolute atomic E-state index is 0.652. The lowest BCUT2D eigenvalue weighted by Gasteiger charge is -2.08. The SMILES string of the molecule is C=C(C)Oc1ccccc1OC. The van der Waals surface area contributed by atoms with Gasteiger partial charge in [0.2, 0.25) is 0 Å². The third kappa shape index (κ3) is 2.02. The van der Waals surface area contributed by atoms with Crippen LogP contribution in [0, 0.1) is 0 Å². The molecule has 2 heteroatoms. The van der Waals surface area contributed by atoms with Gasteiger partial charge in [0, 0.05) is 0 Å². The molecule has 0 spiro atoms. The van der Waals surface area contributed by atoms with Crippen LogP contribution in [-0.4, -0.2) is 7.11 Å². The highest BCUT2D eigenvalue weighted by Crippen LogP contribution is 2.26. The summed E-state index contributed by atoms with van der Waals surface area (Å²) in [4.78, 5) is 0. The largest absolute Gasteiger partial charge is 0.493 e. The zero-order valence-corrected chi connectivity index (χ0v) is 7.33. The van der Waals surface area contributed by atoms with Gasteiger partial charge in [-0.15, -0.1) is 0 Å². The van der Waals surface area contributed by atoms with Gasteiger partial charge < -0.3 is 9.47 Å². The van der Waals surface area contributed by atoms with Crippen molar-refractivity contribution in [3.8, 4) is 11.5 Å². The molecule has 0 bridgehead atoms. The minimum atomic E-state index is 0.652. The molecule has 0 aliphatic carbocycles. The Hall–Kier alpha value is -1.44. The van der Waals surface area contributed by atoms with E-state index in [1.807, 2.05) is 24.3 Å². The highest BCUT2D eigenvalue weighted by molar-refractivity contribution is 5.40. The van der Waals surface area contributed by atoms with Crippen molar-refractivity contribution in [2.75, 3.05) is 7.11 Å². The Morgan fingerprint density at radius 3 is 2.33 bits per heavy atom. The van der Waals surface area contributed by atoms with Gasteiger partial charge in [-0.2, -0.15) is 0 Å². The third-order valence-corrected chi connectivity index (χ3v) is 1.35. The molecule has 0 aromatic heterocycles. The smallest absolute Gasteiger partial charge is 0.168 e. The molecule has 12 heavy (non-hydrogen) atoms. The lowest BCUT2D eigenvalue weighted by atomic mass is 10.3. The normalized spacial score (nSPS) is 9.17. The van der Waals surface area contributed by atoms with Crippen molar-refractivity contribution in [2.24, 2.45) is 0 Å². The predicted molar refractivity (Wildman–Crippen MR) is 48.4 cm³/mol. The van der Waals surface area contributed by atoms with Crippen LogP contribution in [0.2, 0.25) is 0 Å². The van der Waals surface area contributed by atoms with Crippen LogP contribution in [-0.2, 0) is 0 Å². The maximum Gasteiger partial charge on any atom is 0.168 e. The zero-order chi connectivity index (χ0) is 8.97. The number of para-hydroxylation sites is 2. The Balaban J connectivity index is 2.89. The lowest BCUT2D eigenvalue weighted by Crippen LogP contribution is -1.92. The van der Waals surface area contributed by atoms with E-state index in [4.69, 9.17) is 9.47 Å². The second-order valence-electron chi connectivity index (χ2n) is 2.45. The second-order valence-corrected chi connectivity index (χ2v) is 2.45. The van der Waals surface area contributed by atoms with Gasteiger partial charge in [0.1, 0.15) is 0 Å². The zero-order valence-electron chi connectivity index (χ0n) is 7.33. The van der Waals surface area contributed by atoms with Gasteiger partial charge in [0.05, 0.1) is 12.9 Å². The van der Waals surface area contributed by atoms with Crippen LogP contribution in [0.4, 0.5) is 0 Å². The topological polar surface area (TPSA) is 18.5 Å². The van der Waals surface area contributed by atoms with Crippen molar-refractivity contribution in [1.82, 2.24) is 0 Å². The van der Waals surface area contributed by atoms with E-state index in [0.29, 0.717) is 11.5 Å². The van der Waals surface area contributed by atoms with Crippen molar-refractivity contribution >= 4 is 0 Å². The Bertz CT molecular complexity index is 279. The molecule has 0 fully saturated rings. The molecule has 0 aliphatic rings. The molecule has 2 nitrogen and oxygen atoms in total. The molecule has 0 unspecified atom stereocenters. The molecule has 0 saturated heterocycles. The minimum Gasteiger partial charge on any atom is -0.493 e. The van der Waals surface area contributed by atoms with Crippen LogP contribution >= 0.6 is 0 Å².